The van der Waals surface area contributed by atoms with Crippen LogP contribution < -0.4 is 10.1 Å². The molecule has 0 radical (unpaired) electrons. The predicted octanol–water partition coefficient (Wildman–Crippen LogP) is 5.62. The van der Waals surface area contributed by atoms with Gasteiger partial charge >= 0.3 is 0 Å². The molecule has 0 aromatic heterocycles. The number of nitrogens with one attached hydrogen (secondary N) is 1. The van der Waals surface area contributed by atoms with Crippen molar-refractivity contribution in [1.29, 1.82) is 0 Å². The van der Waals surface area contributed by atoms with Gasteiger partial charge in [-0.25, -0.2) is 4.99 Å². The number of rotatable bonds is 6. The van der Waals surface area contributed by atoms with Crippen molar-refractivity contribution in [2.45, 2.75) is 18.2 Å². The summed E-state index contributed by atoms with van der Waals surface area (Å²) in [5.41, 5.74) is 2.35. The van der Waals surface area contributed by atoms with E-state index in [9.17, 15) is 9.59 Å². The van der Waals surface area contributed by atoms with Crippen LogP contribution in [-0.4, -0.2) is 34.2 Å². The number of methoxy groups -OCH3 is 1. The van der Waals surface area contributed by atoms with E-state index in [2.05, 4.69) is 21.2 Å². The lowest BCUT2D eigenvalue weighted by molar-refractivity contribution is -0.129. The minimum atomic E-state index is -0.573. The Morgan fingerprint density at radius 3 is 2.45 bits per heavy atom. The lowest BCUT2D eigenvalue weighted by Gasteiger charge is -2.32. The molecule has 3 aromatic carbocycles. The van der Waals surface area contributed by atoms with Crippen LogP contribution in [0.5, 0.6) is 5.75 Å². The number of hydrogen-bond acceptors (Lipinski definition) is 5. The van der Waals surface area contributed by atoms with E-state index in [1.165, 1.54) is 11.8 Å². The molecule has 1 fully saturated rings. The number of para-hydroxylation sites is 1. The number of amides is 2. The van der Waals surface area contributed by atoms with Gasteiger partial charge in [-0.1, -0.05) is 58.0 Å². The van der Waals surface area contributed by atoms with Crippen molar-refractivity contribution < 1.29 is 14.3 Å². The summed E-state index contributed by atoms with van der Waals surface area (Å²) in [7, 11) is 1.61. The Labute approximate surface area is 205 Å². The van der Waals surface area contributed by atoms with Crippen LogP contribution in [0.25, 0.3) is 0 Å². The number of hydrogen-bond donors (Lipinski definition) is 1. The smallest absolute Gasteiger partial charge is 0.238 e. The molecule has 1 atom stereocenters. The fourth-order valence-corrected chi connectivity index (χ4v) is 4.64. The number of benzene rings is 3. The highest BCUT2D eigenvalue weighted by Crippen LogP contribution is 2.31. The summed E-state index contributed by atoms with van der Waals surface area (Å²) < 4.78 is 6.15. The molecule has 0 bridgehead atoms. The molecule has 4 rings (SSSR count). The molecule has 3 aromatic rings. The molecule has 0 saturated carbocycles. The summed E-state index contributed by atoms with van der Waals surface area (Å²) in [6.45, 7) is 0.364. The van der Waals surface area contributed by atoms with E-state index in [-0.39, 0.29) is 18.2 Å². The number of ether oxygens (including phenoxy) is 1. The fraction of sp³-hybridized carbons (Fsp3) is 0.160. The third-order valence-corrected chi connectivity index (χ3v) is 6.74. The first kappa shape index (κ1) is 23.1. The molecule has 1 N–H and O–H groups in total. The Balaban J connectivity index is 1.57. The van der Waals surface area contributed by atoms with Gasteiger partial charge in [0.2, 0.25) is 11.8 Å². The summed E-state index contributed by atoms with van der Waals surface area (Å²) >= 11 is 4.69. The predicted molar refractivity (Wildman–Crippen MR) is 136 cm³/mol. The minimum Gasteiger partial charge on any atom is -0.497 e. The first-order chi connectivity index (χ1) is 16.0. The van der Waals surface area contributed by atoms with Crippen LogP contribution in [0, 0.1) is 0 Å². The van der Waals surface area contributed by atoms with Gasteiger partial charge in [-0.15, -0.1) is 0 Å². The van der Waals surface area contributed by atoms with E-state index in [1.807, 2.05) is 78.9 Å². The maximum Gasteiger partial charge on any atom is 0.238 e. The third kappa shape index (κ3) is 6.03. The van der Waals surface area contributed by atoms with Crippen molar-refractivity contribution in [3.63, 3.8) is 0 Å². The number of carbonyl (C=O) groups excluding carboxylic acids is 2. The minimum absolute atomic E-state index is 0.0942. The molecular weight excluding hydrogens is 502 g/mol. The van der Waals surface area contributed by atoms with Crippen molar-refractivity contribution in [1.82, 2.24) is 4.90 Å². The number of aliphatic imine (C=N–C) groups is 1. The summed E-state index contributed by atoms with van der Waals surface area (Å²) in [5.74, 6) is 0.386. The molecule has 33 heavy (non-hydrogen) atoms. The number of anilines is 1. The quantitative estimate of drug-likeness (QED) is 0.455. The van der Waals surface area contributed by atoms with Crippen LogP contribution in [0.4, 0.5) is 11.4 Å². The van der Waals surface area contributed by atoms with E-state index in [0.717, 1.165) is 21.5 Å². The molecule has 1 saturated heterocycles. The summed E-state index contributed by atoms with van der Waals surface area (Å²) in [5, 5.41) is 2.83. The van der Waals surface area contributed by atoms with Gasteiger partial charge in [0.25, 0.3) is 0 Å². The van der Waals surface area contributed by atoms with Crippen LogP contribution in [0.2, 0.25) is 0 Å². The lowest BCUT2D eigenvalue weighted by Crippen LogP contribution is -2.44. The van der Waals surface area contributed by atoms with Gasteiger partial charge in [0, 0.05) is 16.6 Å². The Bertz CT molecular complexity index is 1150. The number of carbonyl (C=O) groups is 2. The molecule has 168 valence electrons. The Morgan fingerprint density at radius 2 is 1.79 bits per heavy atom. The number of nitrogens with zero attached hydrogens (tertiary/aromatic N) is 2. The molecule has 8 heteroatoms. The Hall–Kier alpha value is -3.10. The number of amidine groups is 1. The average Bonchev–Trinajstić information content (AvgIpc) is 2.83. The van der Waals surface area contributed by atoms with E-state index >= 15 is 0 Å². The normalized spacial score (nSPS) is 17.2. The topological polar surface area (TPSA) is 71.0 Å². The number of halogens is 1. The maximum absolute atomic E-state index is 13.2. The molecule has 1 unspecified atom stereocenters. The highest BCUT2D eigenvalue weighted by molar-refractivity contribution is 9.10. The van der Waals surface area contributed by atoms with Crippen LogP contribution in [0.3, 0.4) is 0 Å². The highest BCUT2D eigenvalue weighted by atomic mass is 79.9. The van der Waals surface area contributed by atoms with Crippen molar-refractivity contribution in [2.24, 2.45) is 4.99 Å². The standard InChI is InChI=1S/C25H22BrN3O3S/c1-32-21-13-7-17(8-14-21)16-29-23(30)15-22(24(31)27-20-11-9-18(26)10-12-20)33-25(29)28-19-5-3-2-4-6-19/h2-14,22H,15-16H2,1H3,(H,27,31). The summed E-state index contributed by atoms with van der Waals surface area (Å²) in [6.07, 6.45) is 0.0942. The molecule has 1 aliphatic heterocycles. The van der Waals surface area contributed by atoms with Crippen LogP contribution in [0.15, 0.2) is 88.3 Å². The van der Waals surface area contributed by atoms with Gasteiger partial charge in [0.1, 0.15) is 11.0 Å². The van der Waals surface area contributed by atoms with E-state index in [0.29, 0.717) is 17.4 Å². The van der Waals surface area contributed by atoms with Crippen molar-refractivity contribution in [3.8, 4) is 5.75 Å². The first-order valence-corrected chi connectivity index (χ1v) is 12.0. The summed E-state index contributed by atoms with van der Waals surface area (Å²) in [6, 6.07) is 24.3. The SMILES string of the molecule is COc1ccc(CN2C(=O)CC(C(=O)Nc3ccc(Br)cc3)SC2=Nc2ccccc2)cc1. The molecule has 6 nitrogen and oxygen atoms in total. The van der Waals surface area contributed by atoms with Crippen molar-refractivity contribution in [3.05, 3.63) is 88.9 Å². The van der Waals surface area contributed by atoms with E-state index in [4.69, 9.17) is 9.73 Å². The second kappa shape index (κ2) is 10.7. The second-order valence-corrected chi connectivity index (χ2v) is 9.45. The largest absolute Gasteiger partial charge is 0.497 e. The molecule has 0 spiro atoms. The van der Waals surface area contributed by atoms with Crippen LogP contribution in [-0.2, 0) is 16.1 Å². The number of thioether (sulfide) groups is 1. The first-order valence-electron chi connectivity index (χ1n) is 10.3. The monoisotopic (exact) mass is 523 g/mol. The van der Waals surface area contributed by atoms with E-state index in [1.54, 1.807) is 12.0 Å². The molecule has 1 heterocycles. The maximum atomic E-state index is 13.2. The van der Waals surface area contributed by atoms with Gasteiger partial charge < -0.3 is 10.1 Å². The Morgan fingerprint density at radius 1 is 1.09 bits per heavy atom. The van der Waals surface area contributed by atoms with Gasteiger partial charge in [-0.2, -0.15) is 0 Å². The average molecular weight is 524 g/mol. The second-order valence-electron chi connectivity index (χ2n) is 7.36. The van der Waals surface area contributed by atoms with Gasteiger partial charge in [0.05, 0.1) is 19.3 Å². The van der Waals surface area contributed by atoms with Crippen molar-refractivity contribution >= 4 is 56.0 Å². The van der Waals surface area contributed by atoms with Gasteiger partial charge in [-0.05, 0) is 54.1 Å². The summed E-state index contributed by atoms with van der Waals surface area (Å²) in [4.78, 5) is 32.5. The van der Waals surface area contributed by atoms with E-state index < -0.39 is 5.25 Å². The third-order valence-electron chi connectivity index (χ3n) is 5.02. The van der Waals surface area contributed by atoms with Gasteiger partial charge in [-0.3, -0.25) is 14.5 Å². The lowest BCUT2D eigenvalue weighted by atomic mass is 10.2. The molecule has 2 amide bonds. The van der Waals surface area contributed by atoms with Crippen molar-refractivity contribution in [2.75, 3.05) is 12.4 Å². The van der Waals surface area contributed by atoms with Crippen LogP contribution >= 0.6 is 27.7 Å². The molecule has 0 aliphatic carbocycles. The molecule has 1 aliphatic rings. The molecular formula is C25H22BrN3O3S. The fourth-order valence-electron chi connectivity index (χ4n) is 3.28. The zero-order chi connectivity index (χ0) is 23.2. The Kier molecular flexibility index (Phi) is 7.47. The zero-order valence-electron chi connectivity index (χ0n) is 17.9. The highest BCUT2D eigenvalue weighted by Gasteiger charge is 2.36. The van der Waals surface area contributed by atoms with Crippen LogP contribution in [0.1, 0.15) is 12.0 Å². The van der Waals surface area contributed by atoms with Gasteiger partial charge in [0.15, 0.2) is 5.17 Å². The zero-order valence-corrected chi connectivity index (χ0v) is 20.3.